The number of halogens is 3. The van der Waals surface area contributed by atoms with E-state index in [2.05, 4.69) is 0 Å². The molecule has 0 rings (SSSR count). The summed E-state index contributed by atoms with van der Waals surface area (Å²) in [5, 5.41) is -0.0818. The van der Waals surface area contributed by atoms with Crippen LogP contribution in [0.15, 0.2) is 5.03 Å². The number of hydrogen-bond donors (Lipinski definition) is 0. The van der Waals surface area contributed by atoms with Crippen LogP contribution in [-0.4, -0.2) is 6.17 Å². The van der Waals surface area contributed by atoms with E-state index < -0.39 is 6.17 Å². The Labute approximate surface area is 51.9 Å². The molecule has 0 fully saturated rings. The molecule has 41 valence electrons. The lowest BCUT2D eigenvalue weighted by atomic mass is 10.4. The first-order valence-electron chi connectivity index (χ1n) is 1.71. The van der Waals surface area contributed by atoms with Crippen molar-refractivity contribution in [1.82, 2.24) is 0 Å². The lowest BCUT2D eigenvalue weighted by Gasteiger charge is -1.91. The summed E-state index contributed by atoms with van der Waals surface area (Å²) in [6, 6.07) is 0. The monoisotopic (exact) mass is 141 g/mol. The minimum atomic E-state index is -1.20. The molecule has 0 aromatic carbocycles. The van der Waals surface area contributed by atoms with Gasteiger partial charge in [0.2, 0.25) is 0 Å². The van der Waals surface area contributed by atoms with Gasteiger partial charge < -0.3 is 0 Å². The Morgan fingerprint density at radius 3 is 2.29 bits per heavy atom. The normalized spacial score (nSPS) is 16.9. The SMILES string of the molecule is CC(F)/C(Cl)=[C]/Cl. The number of rotatable bonds is 1. The third-order valence-electron chi connectivity index (χ3n) is 0.440. The van der Waals surface area contributed by atoms with Crippen LogP contribution in [0.1, 0.15) is 6.92 Å². The third-order valence-corrected chi connectivity index (χ3v) is 1.14. The van der Waals surface area contributed by atoms with E-state index in [4.69, 9.17) is 23.2 Å². The van der Waals surface area contributed by atoms with Crippen LogP contribution in [0.25, 0.3) is 0 Å². The lowest BCUT2D eigenvalue weighted by molar-refractivity contribution is 0.424. The zero-order valence-corrected chi connectivity index (χ0v) is 5.22. The van der Waals surface area contributed by atoms with E-state index in [0.717, 1.165) is 0 Å². The fourth-order valence-electron chi connectivity index (χ4n) is 0.0752. The standard InChI is InChI=1S/C4H4Cl2F/c1-3(7)4(6)2-5/h3H,1H3. The molecule has 0 saturated heterocycles. The molecule has 0 saturated carbocycles. The number of allylic oxidation sites excluding steroid dienone is 1. The summed E-state index contributed by atoms with van der Waals surface area (Å²) < 4.78 is 11.8. The van der Waals surface area contributed by atoms with Gasteiger partial charge in [-0.05, 0) is 6.92 Å². The van der Waals surface area contributed by atoms with Gasteiger partial charge >= 0.3 is 0 Å². The van der Waals surface area contributed by atoms with E-state index in [0.29, 0.717) is 0 Å². The first kappa shape index (κ1) is 7.25. The molecule has 0 aliphatic carbocycles. The van der Waals surface area contributed by atoms with Crippen LogP contribution in [0.5, 0.6) is 0 Å². The molecule has 0 nitrogen and oxygen atoms in total. The summed E-state index contributed by atoms with van der Waals surface area (Å²) in [6.45, 7) is 1.29. The van der Waals surface area contributed by atoms with Crippen molar-refractivity contribution in [2.75, 3.05) is 0 Å². The second kappa shape index (κ2) is 3.28. The van der Waals surface area contributed by atoms with Crippen molar-refractivity contribution >= 4 is 23.2 Å². The quantitative estimate of drug-likeness (QED) is 0.527. The molecule has 1 unspecified atom stereocenters. The fourth-order valence-corrected chi connectivity index (χ4v) is 0.226. The molecule has 1 atom stereocenters. The predicted molar refractivity (Wildman–Crippen MR) is 29.0 cm³/mol. The predicted octanol–water partition coefficient (Wildman–Crippen LogP) is 2.47. The average molecular weight is 142 g/mol. The van der Waals surface area contributed by atoms with E-state index in [1.165, 1.54) is 6.92 Å². The maximum Gasteiger partial charge on any atom is 0.134 e. The summed E-state index contributed by atoms with van der Waals surface area (Å²) >= 11 is 9.99. The fraction of sp³-hybridized carbons (Fsp3) is 0.500. The maximum atomic E-state index is 11.8. The highest BCUT2D eigenvalue weighted by Crippen LogP contribution is 2.10. The van der Waals surface area contributed by atoms with E-state index in [-0.39, 0.29) is 5.03 Å². The van der Waals surface area contributed by atoms with Crippen molar-refractivity contribution in [2.24, 2.45) is 0 Å². The first-order valence-corrected chi connectivity index (χ1v) is 2.47. The number of alkyl halides is 1. The molecule has 0 aliphatic rings. The molecule has 0 amide bonds. The van der Waals surface area contributed by atoms with Crippen LogP contribution >= 0.6 is 23.2 Å². The van der Waals surface area contributed by atoms with Gasteiger partial charge in [0.05, 0.1) is 10.6 Å². The molecule has 0 heterocycles. The summed E-state index contributed by atoms with van der Waals surface area (Å²) in [5.41, 5.74) is 1.94. The highest BCUT2D eigenvalue weighted by molar-refractivity contribution is 6.34. The summed E-state index contributed by atoms with van der Waals surface area (Å²) in [6.07, 6.45) is -1.20. The van der Waals surface area contributed by atoms with Crippen LogP contribution in [0.4, 0.5) is 4.39 Å². The average Bonchev–Trinajstić information content (AvgIpc) is 1.65. The smallest absolute Gasteiger partial charge is 0.134 e. The van der Waals surface area contributed by atoms with Crippen molar-refractivity contribution in [1.29, 1.82) is 0 Å². The molecule has 0 aliphatic heterocycles. The highest BCUT2D eigenvalue weighted by Gasteiger charge is 2.00. The highest BCUT2D eigenvalue weighted by atomic mass is 35.5. The molecule has 3 heteroatoms. The largest absolute Gasteiger partial charge is 0.242 e. The van der Waals surface area contributed by atoms with E-state index in [9.17, 15) is 4.39 Å². The van der Waals surface area contributed by atoms with Crippen molar-refractivity contribution in [3.05, 3.63) is 10.6 Å². The minimum absolute atomic E-state index is 0.0818. The molecular weight excluding hydrogens is 138 g/mol. The third kappa shape index (κ3) is 2.89. The Hall–Kier alpha value is 0.250. The first-order chi connectivity index (χ1) is 3.18. The summed E-state index contributed by atoms with van der Waals surface area (Å²) in [4.78, 5) is 0. The molecule has 0 aromatic rings. The van der Waals surface area contributed by atoms with Gasteiger partial charge in [0.25, 0.3) is 0 Å². The van der Waals surface area contributed by atoms with Gasteiger partial charge in [0, 0.05) is 0 Å². The van der Waals surface area contributed by atoms with Crippen LogP contribution in [0.2, 0.25) is 0 Å². The minimum Gasteiger partial charge on any atom is -0.242 e. The molecule has 0 aromatic heterocycles. The lowest BCUT2D eigenvalue weighted by Crippen LogP contribution is -1.88. The van der Waals surface area contributed by atoms with Crippen molar-refractivity contribution in [2.45, 2.75) is 13.1 Å². The van der Waals surface area contributed by atoms with Crippen molar-refractivity contribution in [3.8, 4) is 0 Å². The zero-order valence-electron chi connectivity index (χ0n) is 3.71. The molecule has 0 spiro atoms. The summed E-state index contributed by atoms with van der Waals surface area (Å²) in [7, 11) is 0. The van der Waals surface area contributed by atoms with Crippen molar-refractivity contribution in [3.63, 3.8) is 0 Å². The molecule has 0 bridgehead atoms. The van der Waals surface area contributed by atoms with Gasteiger partial charge in [0.15, 0.2) is 0 Å². The Morgan fingerprint density at radius 2 is 2.29 bits per heavy atom. The van der Waals surface area contributed by atoms with Crippen molar-refractivity contribution < 1.29 is 4.39 Å². The Bertz CT molecular complexity index is 77.8. The van der Waals surface area contributed by atoms with Crippen LogP contribution < -0.4 is 0 Å². The van der Waals surface area contributed by atoms with Gasteiger partial charge in [0.1, 0.15) is 6.17 Å². The Kier molecular flexibility index (Phi) is 3.39. The van der Waals surface area contributed by atoms with E-state index in [1.807, 2.05) is 5.54 Å². The van der Waals surface area contributed by atoms with E-state index >= 15 is 0 Å². The Morgan fingerprint density at radius 1 is 1.86 bits per heavy atom. The van der Waals surface area contributed by atoms with Gasteiger partial charge in [-0.15, -0.1) is 0 Å². The zero-order chi connectivity index (χ0) is 5.86. The van der Waals surface area contributed by atoms with Gasteiger partial charge in [-0.25, -0.2) is 4.39 Å². The molecule has 0 N–H and O–H groups in total. The Balaban J connectivity index is 3.56. The van der Waals surface area contributed by atoms with Gasteiger partial charge in [-0.2, -0.15) is 0 Å². The number of hydrogen-bond acceptors (Lipinski definition) is 0. The maximum absolute atomic E-state index is 11.8. The molecule has 1 radical (unpaired) electrons. The topological polar surface area (TPSA) is 0 Å². The molecular formula is C4H4Cl2F. The van der Waals surface area contributed by atoms with Gasteiger partial charge in [-0.1, -0.05) is 23.2 Å². The van der Waals surface area contributed by atoms with Crippen LogP contribution in [0, 0.1) is 5.54 Å². The second-order valence-corrected chi connectivity index (χ2v) is 1.65. The van der Waals surface area contributed by atoms with Gasteiger partial charge in [-0.3, -0.25) is 0 Å². The second-order valence-electron chi connectivity index (χ2n) is 1.06. The van der Waals surface area contributed by atoms with E-state index in [1.54, 1.807) is 0 Å². The summed E-state index contributed by atoms with van der Waals surface area (Å²) in [5.74, 6) is 0. The van der Waals surface area contributed by atoms with Crippen LogP contribution in [-0.2, 0) is 0 Å². The van der Waals surface area contributed by atoms with Crippen LogP contribution in [0.3, 0.4) is 0 Å². The molecule has 7 heavy (non-hydrogen) atoms.